The van der Waals surface area contributed by atoms with Crippen LogP contribution in [0.4, 0.5) is 0 Å². The first-order valence-corrected chi connectivity index (χ1v) is 5.63. The molecule has 0 amide bonds. The summed E-state index contributed by atoms with van der Waals surface area (Å²) in [5.41, 5.74) is 2.91. The Balaban J connectivity index is 2.62. The van der Waals surface area contributed by atoms with Crippen LogP contribution < -0.4 is 4.74 Å². The lowest BCUT2D eigenvalue weighted by molar-refractivity contribution is 0.416. The Morgan fingerprint density at radius 3 is 2.47 bits per heavy atom. The molecule has 0 aromatic heterocycles. The molecule has 3 heteroatoms. The molecule has 2 rings (SSSR count). The number of benzene rings is 2. The Bertz CT molecular complexity index is 550. The Hall–Kier alpha value is -1.67. The Morgan fingerprint density at radius 2 is 1.82 bits per heavy atom. The summed E-state index contributed by atoms with van der Waals surface area (Å²) >= 11 is 6.00. The minimum Gasteiger partial charge on any atom is -0.508 e. The van der Waals surface area contributed by atoms with Crippen molar-refractivity contribution < 1.29 is 9.84 Å². The van der Waals surface area contributed by atoms with Crippen LogP contribution in [0.15, 0.2) is 36.4 Å². The zero-order valence-corrected chi connectivity index (χ0v) is 10.5. The van der Waals surface area contributed by atoms with Crippen molar-refractivity contribution >= 4 is 11.6 Å². The molecule has 2 nitrogen and oxygen atoms in total. The quantitative estimate of drug-likeness (QED) is 0.870. The van der Waals surface area contributed by atoms with E-state index >= 15 is 0 Å². The third kappa shape index (κ3) is 2.37. The minimum atomic E-state index is 0.257. The van der Waals surface area contributed by atoms with E-state index in [4.69, 9.17) is 16.3 Å². The van der Waals surface area contributed by atoms with Gasteiger partial charge in [-0.15, -0.1) is 0 Å². The lowest BCUT2D eigenvalue weighted by Crippen LogP contribution is -1.90. The van der Waals surface area contributed by atoms with E-state index in [1.54, 1.807) is 25.3 Å². The van der Waals surface area contributed by atoms with Gasteiger partial charge in [0.15, 0.2) is 0 Å². The van der Waals surface area contributed by atoms with E-state index in [0.717, 1.165) is 22.4 Å². The van der Waals surface area contributed by atoms with Gasteiger partial charge >= 0.3 is 0 Å². The highest BCUT2D eigenvalue weighted by Gasteiger charge is 2.09. The van der Waals surface area contributed by atoms with Crippen LogP contribution in [-0.4, -0.2) is 12.2 Å². The number of methoxy groups -OCH3 is 1. The van der Waals surface area contributed by atoms with Gasteiger partial charge in [0, 0.05) is 10.6 Å². The van der Waals surface area contributed by atoms with Crippen LogP contribution in [0.1, 0.15) is 5.56 Å². The first-order valence-electron chi connectivity index (χ1n) is 5.25. The highest BCUT2D eigenvalue weighted by molar-refractivity contribution is 6.31. The smallest absolute Gasteiger partial charge is 0.126 e. The molecule has 0 saturated carbocycles. The van der Waals surface area contributed by atoms with Crippen molar-refractivity contribution in [3.05, 3.63) is 47.0 Å². The average molecular weight is 249 g/mol. The average Bonchev–Trinajstić information content (AvgIpc) is 2.29. The summed E-state index contributed by atoms with van der Waals surface area (Å²) in [6.45, 7) is 1.94. The monoisotopic (exact) mass is 248 g/mol. The Morgan fingerprint density at radius 1 is 1.06 bits per heavy atom. The fourth-order valence-electron chi connectivity index (χ4n) is 1.84. The van der Waals surface area contributed by atoms with Crippen LogP contribution in [0.25, 0.3) is 11.1 Å². The van der Waals surface area contributed by atoms with Crippen molar-refractivity contribution in [2.45, 2.75) is 6.92 Å². The lowest BCUT2D eigenvalue weighted by Gasteiger charge is -2.11. The first-order chi connectivity index (χ1) is 8.11. The number of hydrogen-bond acceptors (Lipinski definition) is 2. The first kappa shape index (κ1) is 11.8. The molecule has 0 heterocycles. The molecule has 0 aliphatic rings. The van der Waals surface area contributed by atoms with Gasteiger partial charge in [-0.05, 0) is 48.4 Å². The van der Waals surface area contributed by atoms with Gasteiger partial charge in [0.05, 0.1) is 7.11 Å². The summed E-state index contributed by atoms with van der Waals surface area (Å²) in [5.74, 6) is 1.02. The largest absolute Gasteiger partial charge is 0.508 e. The molecular weight excluding hydrogens is 236 g/mol. The summed E-state index contributed by atoms with van der Waals surface area (Å²) in [7, 11) is 1.63. The number of aromatic hydroxyl groups is 1. The summed E-state index contributed by atoms with van der Waals surface area (Å²) in [6, 6.07) is 10.7. The molecule has 0 atom stereocenters. The zero-order chi connectivity index (χ0) is 12.4. The van der Waals surface area contributed by atoms with Crippen LogP contribution in [-0.2, 0) is 0 Å². The van der Waals surface area contributed by atoms with Gasteiger partial charge in [0.25, 0.3) is 0 Å². The van der Waals surface area contributed by atoms with Gasteiger partial charge in [0.1, 0.15) is 11.5 Å². The maximum Gasteiger partial charge on any atom is 0.126 e. The van der Waals surface area contributed by atoms with Crippen molar-refractivity contribution in [1.29, 1.82) is 0 Å². The fraction of sp³-hybridized carbons (Fsp3) is 0.143. The van der Waals surface area contributed by atoms with Gasteiger partial charge < -0.3 is 9.84 Å². The van der Waals surface area contributed by atoms with Gasteiger partial charge in [-0.25, -0.2) is 0 Å². The molecule has 0 aliphatic heterocycles. The molecule has 2 aromatic carbocycles. The van der Waals surface area contributed by atoms with Crippen LogP contribution in [0.5, 0.6) is 11.5 Å². The number of aryl methyl sites for hydroxylation is 1. The topological polar surface area (TPSA) is 29.5 Å². The van der Waals surface area contributed by atoms with E-state index in [0.29, 0.717) is 5.02 Å². The van der Waals surface area contributed by atoms with Gasteiger partial charge in [-0.3, -0.25) is 0 Å². The van der Waals surface area contributed by atoms with E-state index in [1.807, 2.05) is 25.1 Å². The molecular formula is C14H13ClO2. The van der Waals surface area contributed by atoms with Crippen molar-refractivity contribution in [1.82, 2.24) is 0 Å². The van der Waals surface area contributed by atoms with Crippen molar-refractivity contribution in [2.75, 3.05) is 7.11 Å². The van der Waals surface area contributed by atoms with E-state index in [2.05, 4.69) is 0 Å². The highest BCUT2D eigenvalue weighted by Crippen LogP contribution is 2.35. The molecule has 0 aliphatic carbocycles. The maximum absolute atomic E-state index is 9.41. The van der Waals surface area contributed by atoms with E-state index < -0.39 is 0 Å². The number of ether oxygens (including phenoxy) is 1. The van der Waals surface area contributed by atoms with E-state index in [1.165, 1.54) is 0 Å². The number of phenolic OH excluding ortho intramolecular Hbond substituents is 1. The second kappa shape index (κ2) is 4.68. The second-order valence-corrected chi connectivity index (χ2v) is 4.28. The number of hydrogen-bond donors (Lipinski definition) is 1. The van der Waals surface area contributed by atoms with Crippen LogP contribution >= 0.6 is 11.6 Å². The summed E-state index contributed by atoms with van der Waals surface area (Å²) in [6.07, 6.45) is 0. The van der Waals surface area contributed by atoms with E-state index in [-0.39, 0.29) is 5.75 Å². The van der Waals surface area contributed by atoms with Crippen LogP contribution in [0.2, 0.25) is 5.02 Å². The molecule has 1 N–H and O–H groups in total. The molecule has 0 fully saturated rings. The van der Waals surface area contributed by atoms with Crippen molar-refractivity contribution in [3.63, 3.8) is 0 Å². The zero-order valence-electron chi connectivity index (χ0n) is 9.70. The number of halogens is 1. The predicted octanol–water partition coefficient (Wildman–Crippen LogP) is 4.03. The SMILES string of the molecule is COc1ccc(Cl)cc1-c1ccc(O)cc1C. The fourth-order valence-corrected chi connectivity index (χ4v) is 2.01. The third-order valence-corrected chi connectivity index (χ3v) is 2.90. The van der Waals surface area contributed by atoms with Gasteiger partial charge in [0.2, 0.25) is 0 Å². The Kier molecular flexibility index (Phi) is 3.25. The maximum atomic E-state index is 9.41. The number of phenols is 1. The molecule has 0 saturated heterocycles. The lowest BCUT2D eigenvalue weighted by atomic mass is 9.99. The highest BCUT2D eigenvalue weighted by atomic mass is 35.5. The molecule has 0 radical (unpaired) electrons. The summed E-state index contributed by atoms with van der Waals surface area (Å²) in [4.78, 5) is 0. The predicted molar refractivity (Wildman–Crippen MR) is 69.8 cm³/mol. The number of rotatable bonds is 2. The normalized spacial score (nSPS) is 10.3. The van der Waals surface area contributed by atoms with Crippen LogP contribution in [0.3, 0.4) is 0 Å². The molecule has 0 spiro atoms. The second-order valence-electron chi connectivity index (χ2n) is 3.84. The molecule has 0 bridgehead atoms. The van der Waals surface area contributed by atoms with Gasteiger partial charge in [-0.1, -0.05) is 17.7 Å². The van der Waals surface area contributed by atoms with E-state index in [9.17, 15) is 5.11 Å². The Labute approximate surface area is 105 Å². The molecule has 88 valence electrons. The molecule has 0 unspecified atom stereocenters. The molecule has 2 aromatic rings. The standard InChI is InChI=1S/C14H13ClO2/c1-9-7-11(16)4-5-12(9)13-8-10(15)3-6-14(13)17-2/h3-8,16H,1-2H3. The van der Waals surface area contributed by atoms with Crippen molar-refractivity contribution in [2.24, 2.45) is 0 Å². The summed E-state index contributed by atoms with van der Waals surface area (Å²) < 4.78 is 5.32. The van der Waals surface area contributed by atoms with Crippen molar-refractivity contribution in [3.8, 4) is 22.6 Å². The van der Waals surface area contributed by atoms with Gasteiger partial charge in [-0.2, -0.15) is 0 Å². The third-order valence-electron chi connectivity index (χ3n) is 2.66. The molecule has 17 heavy (non-hydrogen) atoms. The minimum absolute atomic E-state index is 0.257. The summed E-state index contributed by atoms with van der Waals surface area (Å²) in [5, 5.41) is 10.1. The van der Waals surface area contributed by atoms with Crippen LogP contribution in [0, 0.1) is 6.92 Å².